The Morgan fingerprint density at radius 3 is 2.08 bits per heavy atom. The number of thiophene rings is 1. The van der Waals surface area contributed by atoms with Gasteiger partial charge >= 0.3 is 8.74 Å². The van der Waals surface area contributed by atoms with Crippen molar-refractivity contribution >= 4 is 25.3 Å². The summed E-state index contributed by atoms with van der Waals surface area (Å²) in [7, 11) is -4.26. The van der Waals surface area contributed by atoms with Gasteiger partial charge in [-0.25, -0.2) is 0 Å². The van der Waals surface area contributed by atoms with Crippen molar-refractivity contribution in [2.24, 2.45) is 0 Å². The van der Waals surface area contributed by atoms with Gasteiger partial charge in [0.2, 0.25) is 0 Å². The summed E-state index contributed by atoms with van der Waals surface area (Å²) < 4.78 is 27.8. The highest BCUT2D eigenvalue weighted by molar-refractivity contribution is 7.10. The Balaban J connectivity index is 3.15. The molecule has 4 heteroatoms. The lowest BCUT2D eigenvalue weighted by molar-refractivity contribution is 0.519. The van der Waals surface area contributed by atoms with Crippen molar-refractivity contribution < 1.29 is 8.22 Å². The molecular formula is C9H14F2SSi. The minimum Gasteiger partial charge on any atom is -0.264 e. The molecule has 0 saturated carbocycles. The Kier molecular flexibility index (Phi) is 2.65. The predicted octanol–water partition coefficient (Wildman–Crippen LogP) is 3.44. The molecule has 1 aromatic heterocycles. The molecule has 1 rings (SSSR count). The predicted molar refractivity (Wildman–Crippen MR) is 56.4 cm³/mol. The third-order valence-electron chi connectivity index (χ3n) is 2.14. The molecule has 0 amide bonds. The fourth-order valence-electron chi connectivity index (χ4n) is 1.09. The van der Waals surface area contributed by atoms with E-state index in [4.69, 9.17) is 0 Å². The van der Waals surface area contributed by atoms with Crippen LogP contribution in [0.25, 0.3) is 0 Å². The molecule has 0 aliphatic rings. The molecule has 0 aliphatic carbocycles. The summed E-state index contributed by atoms with van der Waals surface area (Å²) in [5.41, 5.74) is 0.747. The first-order valence-corrected chi connectivity index (χ1v) is 6.88. The molecule has 1 heterocycles. The van der Waals surface area contributed by atoms with Crippen molar-refractivity contribution in [3.05, 3.63) is 16.3 Å². The van der Waals surface area contributed by atoms with Gasteiger partial charge in [-0.3, -0.25) is 8.22 Å². The first-order chi connectivity index (χ1) is 5.77. The first kappa shape index (κ1) is 10.9. The largest absolute Gasteiger partial charge is 0.461 e. The summed E-state index contributed by atoms with van der Waals surface area (Å²) in [6, 6.07) is 0. The van der Waals surface area contributed by atoms with E-state index in [1.165, 1.54) is 11.3 Å². The third-order valence-corrected chi connectivity index (χ3v) is 6.31. The van der Waals surface area contributed by atoms with E-state index in [9.17, 15) is 8.22 Å². The molecule has 0 aromatic carbocycles. The summed E-state index contributed by atoms with van der Waals surface area (Å²) >= 11 is 1.36. The lowest BCUT2D eigenvalue weighted by Gasteiger charge is -2.27. The third kappa shape index (κ3) is 1.83. The van der Waals surface area contributed by atoms with Crippen LogP contribution in [0.1, 0.15) is 26.3 Å². The molecule has 0 radical (unpaired) electrons. The van der Waals surface area contributed by atoms with Gasteiger partial charge in [-0.1, -0.05) is 20.8 Å². The van der Waals surface area contributed by atoms with Gasteiger partial charge in [-0.15, -0.1) is 0 Å². The van der Waals surface area contributed by atoms with Gasteiger partial charge in [0.25, 0.3) is 0 Å². The van der Waals surface area contributed by atoms with Crippen molar-refractivity contribution in [2.45, 2.75) is 32.7 Å². The van der Waals surface area contributed by atoms with Gasteiger partial charge in [-0.05, 0) is 23.2 Å². The Labute approximate surface area is 83.0 Å². The molecule has 0 nitrogen and oxygen atoms in total. The molecule has 0 aliphatic heterocycles. The number of halogens is 2. The summed E-state index contributed by atoms with van der Waals surface area (Å²) in [6.45, 7) is 6.63. The van der Waals surface area contributed by atoms with Crippen LogP contribution in [0.3, 0.4) is 0 Å². The summed E-state index contributed by atoms with van der Waals surface area (Å²) in [4.78, 5) is 0. The molecule has 0 atom stereocenters. The number of hydrogen-bond donors (Lipinski definition) is 0. The monoisotopic (exact) mass is 220 g/mol. The summed E-state index contributed by atoms with van der Waals surface area (Å²) in [5, 5.41) is 2.83. The highest BCUT2D eigenvalue weighted by Gasteiger charge is 2.51. The van der Waals surface area contributed by atoms with Gasteiger partial charge in [0.15, 0.2) is 0 Å². The first-order valence-electron chi connectivity index (χ1n) is 4.18. The van der Waals surface area contributed by atoms with Crippen LogP contribution < -0.4 is 5.19 Å². The molecule has 0 saturated heterocycles. The van der Waals surface area contributed by atoms with E-state index in [1.807, 2.05) is 0 Å². The Morgan fingerprint density at radius 1 is 1.23 bits per heavy atom. The van der Waals surface area contributed by atoms with Crippen molar-refractivity contribution in [1.82, 2.24) is 0 Å². The van der Waals surface area contributed by atoms with Gasteiger partial charge < -0.3 is 0 Å². The highest BCUT2D eigenvalue weighted by Crippen LogP contribution is 2.38. The maximum atomic E-state index is 13.9. The van der Waals surface area contributed by atoms with E-state index in [0.29, 0.717) is 5.19 Å². The Morgan fingerprint density at radius 2 is 1.77 bits per heavy atom. The van der Waals surface area contributed by atoms with Crippen LogP contribution in [0.2, 0.25) is 5.04 Å². The van der Waals surface area contributed by atoms with Crippen LogP contribution in [0.15, 0.2) is 10.8 Å². The standard InChI is InChI=1S/C9H14F2SSi/c1-7-5-12-6-8(7)13(10,11)9(2,3)4/h5-6H,1-4H3. The number of aryl methyl sites for hydroxylation is 1. The molecule has 0 bridgehead atoms. The average Bonchev–Trinajstić information content (AvgIpc) is 2.32. The molecule has 74 valence electrons. The Hall–Kier alpha value is -0.223. The second-order valence-corrected chi connectivity index (χ2v) is 8.22. The van der Waals surface area contributed by atoms with Crippen molar-refractivity contribution in [3.8, 4) is 0 Å². The summed E-state index contributed by atoms with van der Waals surface area (Å²) in [6.07, 6.45) is 0. The quantitative estimate of drug-likeness (QED) is 0.502. The normalized spacial score (nSPS) is 13.4. The SMILES string of the molecule is Cc1cscc1[Si](F)(F)C(C)(C)C. The molecule has 0 spiro atoms. The number of hydrogen-bond acceptors (Lipinski definition) is 1. The van der Waals surface area contributed by atoms with Crippen LogP contribution in [0, 0.1) is 6.92 Å². The maximum absolute atomic E-state index is 13.9. The van der Waals surface area contributed by atoms with Crippen LogP contribution in [-0.4, -0.2) is 8.74 Å². The number of rotatable bonds is 1. The summed E-state index contributed by atoms with van der Waals surface area (Å²) in [5.74, 6) is 0. The zero-order valence-corrected chi connectivity index (χ0v) is 10.1. The van der Waals surface area contributed by atoms with Crippen LogP contribution in [-0.2, 0) is 0 Å². The topological polar surface area (TPSA) is 0 Å². The minimum absolute atomic E-state index is 0.310. The molecular weight excluding hydrogens is 206 g/mol. The zero-order valence-electron chi connectivity index (χ0n) is 8.32. The van der Waals surface area contributed by atoms with E-state index in [2.05, 4.69) is 0 Å². The van der Waals surface area contributed by atoms with E-state index in [-0.39, 0.29) is 0 Å². The maximum Gasteiger partial charge on any atom is 0.461 e. The van der Waals surface area contributed by atoms with Crippen molar-refractivity contribution in [3.63, 3.8) is 0 Å². The lowest BCUT2D eigenvalue weighted by Crippen LogP contribution is -2.47. The molecule has 0 fully saturated rings. The van der Waals surface area contributed by atoms with Crippen molar-refractivity contribution in [2.75, 3.05) is 0 Å². The van der Waals surface area contributed by atoms with E-state index in [1.54, 1.807) is 38.5 Å². The smallest absolute Gasteiger partial charge is 0.264 e. The molecule has 1 aromatic rings. The van der Waals surface area contributed by atoms with Crippen LogP contribution in [0.4, 0.5) is 8.22 Å². The fourth-order valence-corrected chi connectivity index (χ4v) is 4.08. The molecule has 13 heavy (non-hydrogen) atoms. The van der Waals surface area contributed by atoms with E-state index < -0.39 is 13.8 Å². The van der Waals surface area contributed by atoms with Crippen LogP contribution in [0.5, 0.6) is 0 Å². The highest BCUT2D eigenvalue weighted by atomic mass is 32.1. The van der Waals surface area contributed by atoms with Crippen molar-refractivity contribution in [1.29, 1.82) is 0 Å². The minimum atomic E-state index is -4.26. The van der Waals surface area contributed by atoms with Gasteiger partial charge in [0, 0.05) is 10.2 Å². The lowest BCUT2D eigenvalue weighted by atomic mass is 10.2. The van der Waals surface area contributed by atoms with Gasteiger partial charge in [0.1, 0.15) is 0 Å². The average molecular weight is 220 g/mol. The van der Waals surface area contributed by atoms with E-state index >= 15 is 0 Å². The second-order valence-electron chi connectivity index (χ2n) is 4.29. The Bertz CT molecular complexity index is 299. The molecule has 0 unspecified atom stereocenters. The van der Waals surface area contributed by atoms with Gasteiger partial charge in [-0.2, -0.15) is 11.3 Å². The van der Waals surface area contributed by atoms with Gasteiger partial charge in [0.05, 0.1) is 0 Å². The molecule has 0 N–H and O–H groups in total. The second kappa shape index (κ2) is 3.17. The zero-order chi connectivity index (χ0) is 10.3. The van der Waals surface area contributed by atoms with Crippen LogP contribution >= 0.6 is 11.3 Å². The fraction of sp³-hybridized carbons (Fsp3) is 0.556. The van der Waals surface area contributed by atoms with E-state index in [0.717, 1.165) is 5.56 Å².